The van der Waals surface area contributed by atoms with Crippen LogP contribution in [-0.2, 0) is 6.54 Å². The maximum atomic E-state index is 13.0. The Balaban J connectivity index is 1.93. The summed E-state index contributed by atoms with van der Waals surface area (Å²) in [5.41, 5.74) is 1.29. The minimum atomic E-state index is -0.369. The summed E-state index contributed by atoms with van der Waals surface area (Å²) in [7, 11) is 0. The largest absolute Gasteiger partial charge is 0.492 e. The highest BCUT2D eigenvalue weighted by molar-refractivity contribution is 5.90. The monoisotopic (exact) mass is 288 g/mol. The van der Waals surface area contributed by atoms with Gasteiger partial charge in [-0.2, -0.15) is 0 Å². The van der Waals surface area contributed by atoms with Crippen LogP contribution in [0.5, 0.6) is 5.75 Å². The average Bonchev–Trinajstić information content (AvgIpc) is 2.48. The molecule has 5 heteroatoms. The number of para-hydroxylation sites is 2. The van der Waals surface area contributed by atoms with Crippen LogP contribution in [0.15, 0.2) is 48.5 Å². The van der Waals surface area contributed by atoms with Crippen LogP contribution < -0.4 is 15.4 Å². The van der Waals surface area contributed by atoms with Crippen molar-refractivity contribution in [3.8, 4) is 5.75 Å². The molecule has 21 heavy (non-hydrogen) atoms. The van der Waals surface area contributed by atoms with E-state index in [1.165, 1.54) is 12.1 Å². The molecule has 0 saturated carbocycles. The lowest BCUT2D eigenvalue weighted by Gasteiger charge is -2.12. The van der Waals surface area contributed by atoms with E-state index in [1.807, 2.05) is 19.1 Å². The minimum absolute atomic E-state index is 0.250. The molecule has 0 unspecified atom stereocenters. The van der Waals surface area contributed by atoms with Crippen molar-refractivity contribution >= 4 is 11.7 Å². The highest BCUT2D eigenvalue weighted by Gasteiger charge is 2.06. The lowest BCUT2D eigenvalue weighted by molar-refractivity contribution is 0.251. The Morgan fingerprint density at radius 2 is 2.00 bits per heavy atom. The molecule has 0 bridgehead atoms. The zero-order chi connectivity index (χ0) is 15.1. The molecule has 0 aliphatic heterocycles. The lowest BCUT2D eigenvalue weighted by Crippen LogP contribution is -2.28. The van der Waals surface area contributed by atoms with Crippen molar-refractivity contribution in [1.82, 2.24) is 5.32 Å². The number of urea groups is 1. The molecule has 2 aromatic carbocycles. The fraction of sp³-hybridized carbons (Fsp3) is 0.188. The van der Waals surface area contributed by atoms with Gasteiger partial charge in [-0.05, 0) is 36.8 Å². The van der Waals surface area contributed by atoms with Crippen molar-refractivity contribution in [2.75, 3.05) is 11.9 Å². The molecule has 2 aromatic rings. The Morgan fingerprint density at radius 1 is 1.19 bits per heavy atom. The van der Waals surface area contributed by atoms with E-state index in [0.717, 1.165) is 0 Å². The standard InChI is InChI=1S/C16H17FN2O2/c1-2-21-15-9-4-3-8-14(15)19-16(20)18-11-12-6-5-7-13(17)10-12/h3-10H,2,11H2,1H3,(H2,18,19,20). The Kier molecular flexibility index (Phi) is 5.15. The molecule has 0 atom stereocenters. The number of anilines is 1. The number of ether oxygens (including phenoxy) is 1. The summed E-state index contributed by atoms with van der Waals surface area (Å²) in [5, 5.41) is 5.38. The molecule has 110 valence electrons. The summed E-state index contributed by atoms with van der Waals surface area (Å²) in [6.07, 6.45) is 0. The number of rotatable bonds is 5. The van der Waals surface area contributed by atoms with E-state index >= 15 is 0 Å². The van der Waals surface area contributed by atoms with E-state index in [-0.39, 0.29) is 18.4 Å². The lowest BCUT2D eigenvalue weighted by atomic mass is 10.2. The number of nitrogens with one attached hydrogen (secondary N) is 2. The third kappa shape index (κ3) is 4.49. The third-order valence-corrected chi connectivity index (χ3v) is 2.78. The number of amides is 2. The summed E-state index contributed by atoms with van der Waals surface area (Å²) in [5.74, 6) is 0.289. The first-order chi connectivity index (χ1) is 10.2. The van der Waals surface area contributed by atoms with Gasteiger partial charge in [0.2, 0.25) is 0 Å². The summed E-state index contributed by atoms with van der Waals surface area (Å²) >= 11 is 0. The van der Waals surface area contributed by atoms with Crippen LogP contribution in [0.3, 0.4) is 0 Å². The second-order valence-electron chi connectivity index (χ2n) is 4.37. The van der Waals surface area contributed by atoms with Gasteiger partial charge in [0.25, 0.3) is 0 Å². The van der Waals surface area contributed by atoms with Crippen LogP contribution in [0.2, 0.25) is 0 Å². The van der Waals surface area contributed by atoms with Gasteiger partial charge in [-0.1, -0.05) is 24.3 Å². The molecular weight excluding hydrogens is 271 g/mol. The SMILES string of the molecule is CCOc1ccccc1NC(=O)NCc1cccc(F)c1. The molecule has 0 aliphatic carbocycles. The van der Waals surface area contributed by atoms with Gasteiger partial charge in [0.15, 0.2) is 0 Å². The number of benzene rings is 2. The molecule has 2 rings (SSSR count). The van der Waals surface area contributed by atoms with E-state index in [1.54, 1.807) is 24.3 Å². The van der Waals surface area contributed by atoms with Gasteiger partial charge in [-0.3, -0.25) is 0 Å². The van der Waals surface area contributed by atoms with Crippen molar-refractivity contribution in [2.45, 2.75) is 13.5 Å². The fourth-order valence-electron chi connectivity index (χ4n) is 1.85. The average molecular weight is 288 g/mol. The van der Waals surface area contributed by atoms with Crippen molar-refractivity contribution < 1.29 is 13.9 Å². The minimum Gasteiger partial charge on any atom is -0.492 e. The molecule has 0 fully saturated rings. The molecule has 0 aromatic heterocycles. The van der Waals surface area contributed by atoms with Gasteiger partial charge >= 0.3 is 6.03 Å². The van der Waals surface area contributed by atoms with E-state index < -0.39 is 0 Å². The van der Waals surface area contributed by atoms with Crippen LogP contribution in [0.1, 0.15) is 12.5 Å². The zero-order valence-electron chi connectivity index (χ0n) is 11.7. The van der Waals surface area contributed by atoms with Crippen molar-refractivity contribution in [3.63, 3.8) is 0 Å². The Hall–Kier alpha value is -2.56. The van der Waals surface area contributed by atoms with Gasteiger partial charge in [-0.25, -0.2) is 9.18 Å². The van der Waals surface area contributed by atoms with Gasteiger partial charge in [0.1, 0.15) is 11.6 Å². The van der Waals surface area contributed by atoms with E-state index in [4.69, 9.17) is 4.74 Å². The second kappa shape index (κ2) is 7.28. The first-order valence-electron chi connectivity index (χ1n) is 6.70. The van der Waals surface area contributed by atoms with Crippen LogP contribution in [0.25, 0.3) is 0 Å². The van der Waals surface area contributed by atoms with Gasteiger partial charge in [0.05, 0.1) is 12.3 Å². The number of carbonyl (C=O) groups excluding carboxylic acids is 1. The van der Waals surface area contributed by atoms with Crippen LogP contribution in [0.4, 0.5) is 14.9 Å². The van der Waals surface area contributed by atoms with Crippen molar-refractivity contribution in [1.29, 1.82) is 0 Å². The summed E-state index contributed by atoms with van der Waals surface area (Å²) in [6.45, 7) is 2.64. The Bertz CT molecular complexity index is 617. The van der Waals surface area contributed by atoms with Crippen molar-refractivity contribution in [3.05, 3.63) is 59.9 Å². The number of hydrogen-bond acceptors (Lipinski definition) is 2. The van der Waals surface area contributed by atoms with Crippen LogP contribution >= 0.6 is 0 Å². The molecule has 0 heterocycles. The molecule has 4 nitrogen and oxygen atoms in total. The number of hydrogen-bond donors (Lipinski definition) is 2. The molecule has 0 spiro atoms. The van der Waals surface area contributed by atoms with E-state index in [0.29, 0.717) is 23.6 Å². The number of carbonyl (C=O) groups is 1. The molecule has 2 N–H and O–H groups in total. The number of halogens is 1. The molecule has 2 amide bonds. The normalized spacial score (nSPS) is 10.0. The van der Waals surface area contributed by atoms with Gasteiger partial charge in [-0.15, -0.1) is 0 Å². The quantitative estimate of drug-likeness (QED) is 0.884. The molecule has 0 aliphatic rings. The van der Waals surface area contributed by atoms with Gasteiger partial charge < -0.3 is 15.4 Å². The predicted octanol–water partition coefficient (Wildman–Crippen LogP) is 3.55. The smallest absolute Gasteiger partial charge is 0.319 e. The first kappa shape index (κ1) is 14.8. The Labute approximate surface area is 122 Å². The third-order valence-electron chi connectivity index (χ3n) is 2.78. The van der Waals surface area contributed by atoms with Gasteiger partial charge in [0, 0.05) is 6.54 Å². The van der Waals surface area contributed by atoms with E-state index in [2.05, 4.69) is 10.6 Å². The summed E-state index contributed by atoms with van der Waals surface area (Å²) in [6, 6.07) is 12.9. The van der Waals surface area contributed by atoms with E-state index in [9.17, 15) is 9.18 Å². The zero-order valence-corrected chi connectivity index (χ0v) is 11.7. The van der Waals surface area contributed by atoms with Crippen LogP contribution in [0, 0.1) is 5.82 Å². The Morgan fingerprint density at radius 3 is 2.76 bits per heavy atom. The molecule has 0 saturated heterocycles. The maximum absolute atomic E-state index is 13.0. The van der Waals surface area contributed by atoms with Crippen LogP contribution in [-0.4, -0.2) is 12.6 Å². The molecule has 0 radical (unpaired) electrons. The summed E-state index contributed by atoms with van der Waals surface area (Å²) < 4.78 is 18.5. The molecular formula is C16H17FN2O2. The highest BCUT2D eigenvalue weighted by atomic mass is 19.1. The predicted molar refractivity (Wildman–Crippen MR) is 79.9 cm³/mol. The topological polar surface area (TPSA) is 50.4 Å². The first-order valence-corrected chi connectivity index (χ1v) is 6.70. The second-order valence-corrected chi connectivity index (χ2v) is 4.37. The maximum Gasteiger partial charge on any atom is 0.319 e. The van der Waals surface area contributed by atoms with Crippen molar-refractivity contribution in [2.24, 2.45) is 0 Å². The summed E-state index contributed by atoms with van der Waals surface area (Å²) in [4.78, 5) is 11.9. The highest BCUT2D eigenvalue weighted by Crippen LogP contribution is 2.23. The fourth-order valence-corrected chi connectivity index (χ4v) is 1.85.